The van der Waals surface area contributed by atoms with Crippen LogP contribution in [0.3, 0.4) is 0 Å². The number of benzene rings is 2. The predicted molar refractivity (Wildman–Crippen MR) is 118 cm³/mol. The van der Waals surface area contributed by atoms with E-state index in [1.807, 2.05) is 38.1 Å². The fourth-order valence-electron chi connectivity index (χ4n) is 2.52. The highest BCUT2D eigenvalue weighted by molar-refractivity contribution is 7.17. The van der Waals surface area contributed by atoms with Gasteiger partial charge in [-0.05, 0) is 42.7 Å². The number of hydrazone groups is 1. The summed E-state index contributed by atoms with van der Waals surface area (Å²) >= 11 is 1.41. The van der Waals surface area contributed by atoms with E-state index in [4.69, 9.17) is 11.5 Å². The molecule has 0 spiro atoms. The zero-order valence-electron chi connectivity index (χ0n) is 15.9. The molecule has 0 aliphatic rings. The second kappa shape index (κ2) is 9.07. The van der Waals surface area contributed by atoms with E-state index in [9.17, 15) is 4.39 Å². The van der Waals surface area contributed by atoms with Crippen LogP contribution in [-0.2, 0) is 0 Å². The maximum absolute atomic E-state index is 13.0. The fraction of sp³-hybridized carbons (Fsp3) is 0.100. The number of nitrogens with zero attached hydrogens (tertiary/aromatic N) is 4. The van der Waals surface area contributed by atoms with Gasteiger partial charge in [-0.3, -0.25) is 5.43 Å². The molecule has 0 amide bonds. The molecule has 1 aromatic heterocycles. The van der Waals surface area contributed by atoms with Gasteiger partial charge in [0.05, 0.1) is 22.5 Å². The number of nitrogens with one attached hydrogen (secondary N) is 1. The number of guanidine groups is 1. The van der Waals surface area contributed by atoms with Gasteiger partial charge in [-0.2, -0.15) is 10.2 Å². The maximum Gasteiger partial charge on any atom is 0.211 e. The van der Waals surface area contributed by atoms with Gasteiger partial charge in [-0.15, -0.1) is 5.10 Å². The number of nitrogens with two attached hydrogens (primary N) is 2. The zero-order chi connectivity index (χ0) is 20.8. The third-order valence-electron chi connectivity index (χ3n) is 3.90. The molecule has 9 heteroatoms. The van der Waals surface area contributed by atoms with E-state index in [1.165, 1.54) is 23.5 Å². The first-order chi connectivity index (χ1) is 13.9. The van der Waals surface area contributed by atoms with Gasteiger partial charge in [0.25, 0.3) is 0 Å². The molecule has 0 aliphatic heterocycles. The Bertz CT molecular complexity index is 1060. The summed E-state index contributed by atoms with van der Waals surface area (Å²) in [6.07, 6.45) is 1.70. The molecule has 0 saturated heterocycles. The lowest BCUT2D eigenvalue weighted by molar-refractivity contribution is 0.628. The first kappa shape index (κ1) is 20.2. The third-order valence-corrected chi connectivity index (χ3v) is 5.07. The molecule has 2 aromatic carbocycles. The predicted octanol–water partition coefficient (Wildman–Crippen LogP) is 3.70. The number of hydrogen-bond donors (Lipinski definition) is 3. The highest BCUT2D eigenvalue weighted by Crippen LogP contribution is 2.23. The van der Waals surface area contributed by atoms with E-state index in [1.54, 1.807) is 18.3 Å². The van der Waals surface area contributed by atoms with Crippen molar-refractivity contribution < 1.29 is 4.39 Å². The van der Waals surface area contributed by atoms with Gasteiger partial charge in [-0.25, -0.2) is 9.37 Å². The number of aromatic nitrogens is 1. The molecular formula is C20H20FN7S. The smallest absolute Gasteiger partial charge is 0.211 e. The van der Waals surface area contributed by atoms with Crippen LogP contribution in [0.1, 0.15) is 23.1 Å². The molecule has 1 heterocycles. The third kappa shape index (κ3) is 5.45. The topological polar surface area (TPSA) is 114 Å². The molecule has 29 heavy (non-hydrogen) atoms. The first-order valence-electron chi connectivity index (χ1n) is 8.68. The minimum atomic E-state index is -0.248. The normalized spacial score (nSPS) is 11.6. The van der Waals surface area contributed by atoms with Crippen LogP contribution in [0.15, 0.2) is 63.8 Å². The van der Waals surface area contributed by atoms with E-state index in [2.05, 4.69) is 25.7 Å². The monoisotopic (exact) mass is 409 g/mol. The van der Waals surface area contributed by atoms with E-state index >= 15 is 0 Å². The van der Waals surface area contributed by atoms with Gasteiger partial charge in [-0.1, -0.05) is 47.7 Å². The van der Waals surface area contributed by atoms with Crippen molar-refractivity contribution in [3.63, 3.8) is 0 Å². The molecule has 3 aromatic rings. The molecule has 148 valence electrons. The minimum Gasteiger partial charge on any atom is -0.369 e. The minimum absolute atomic E-state index is 0.0973. The van der Waals surface area contributed by atoms with Gasteiger partial charge in [0.1, 0.15) is 5.82 Å². The van der Waals surface area contributed by atoms with Crippen LogP contribution in [0.25, 0.3) is 11.1 Å². The van der Waals surface area contributed by atoms with Gasteiger partial charge >= 0.3 is 0 Å². The Morgan fingerprint density at radius 2 is 1.66 bits per heavy atom. The van der Waals surface area contributed by atoms with Gasteiger partial charge in [0.15, 0.2) is 0 Å². The van der Waals surface area contributed by atoms with Crippen molar-refractivity contribution in [1.29, 1.82) is 0 Å². The largest absolute Gasteiger partial charge is 0.369 e. The zero-order valence-corrected chi connectivity index (χ0v) is 16.7. The number of hydrogen-bond acceptors (Lipinski definition) is 6. The molecule has 3 rings (SSSR count). The molecule has 0 atom stereocenters. The Morgan fingerprint density at radius 3 is 2.28 bits per heavy atom. The van der Waals surface area contributed by atoms with E-state index in [0.717, 1.165) is 27.3 Å². The standard InChI is InChI=1S/C20H20FN7S/c1-12-18(13(2)26-27-19(22)23)29-20(25-12)28-24-11-14-3-5-15(6-4-14)16-7-9-17(21)10-8-16/h3-11H,1-2H3,(H,25,28)(H4,22,23,27). The van der Waals surface area contributed by atoms with Crippen LogP contribution in [0.2, 0.25) is 0 Å². The molecule has 0 unspecified atom stereocenters. The molecule has 0 aliphatic carbocycles. The van der Waals surface area contributed by atoms with Crippen LogP contribution in [0.5, 0.6) is 0 Å². The summed E-state index contributed by atoms with van der Waals surface area (Å²) in [4.78, 5) is 5.29. The summed E-state index contributed by atoms with van der Waals surface area (Å²) in [5.41, 5.74) is 17.9. The van der Waals surface area contributed by atoms with E-state index in [-0.39, 0.29) is 11.8 Å². The molecule has 5 N–H and O–H groups in total. The lowest BCUT2D eigenvalue weighted by atomic mass is 10.0. The summed E-state index contributed by atoms with van der Waals surface area (Å²) in [5, 5.41) is 12.5. The maximum atomic E-state index is 13.0. The summed E-state index contributed by atoms with van der Waals surface area (Å²) in [7, 11) is 0. The van der Waals surface area contributed by atoms with Crippen LogP contribution in [-0.4, -0.2) is 22.9 Å². The van der Waals surface area contributed by atoms with Crippen molar-refractivity contribution in [3.05, 3.63) is 70.5 Å². The second-order valence-electron chi connectivity index (χ2n) is 6.14. The van der Waals surface area contributed by atoms with Crippen molar-refractivity contribution in [2.24, 2.45) is 26.8 Å². The highest BCUT2D eigenvalue weighted by Gasteiger charge is 2.10. The van der Waals surface area contributed by atoms with Gasteiger partial charge < -0.3 is 11.5 Å². The van der Waals surface area contributed by atoms with Crippen molar-refractivity contribution in [1.82, 2.24) is 4.98 Å². The number of halogens is 1. The summed E-state index contributed by atoms with van der Waals surface area (Å²) < 4.78 is 13.0. The Kier molecular flexibility index (Phi) is 6.30. The summed E-state index contributed by atoms with van der Waals surface area (Å²) in [5.74, 6) is -0.346. The number of aryl methyl sites for hydroxylation is 1. The summed E-state index contributed by atoms with van der Waals surface area (Å²) in [6, 6.07) is 14.2. The van der Waals surface area contributed by atoms with Gasteiger partial charge in [0.2, 0.25) is 11.1 Å². The van der Waals surface area contributed by atoms with Crippen molar-refractivity contribution in [2.45, 2.75) is 13.8 Å². The Morgan fingerprint density at radius 1 is 1.03 bits per heavy atom. The van der Waals surface area contributed by atoms with Crippen LogP contribution in [0.4, 0.5) is 9.52 Å². The molecule has 0 bridgehead atoms. The van der Waals surface area contributed by atoms with E-state index in [0.29, 0.717) is 10.8 Å². The lowest BCUT2D eigenvalue weighted by Crippen LogP contribution is -2.22. The molecule has 7 nitrogen and oxygen atoms in total. The lowest BCUT2D eigenvalue weighted by Gasteiger charge is -2.02. The Balaban J connectivity index is 1.66. The molecular weight excluding hydrogens is 389 g/mol. The molecule has 0 radical (unpaired) electrons. The SMILES string of the molecule is CC(=NN=C(N)N)c1sc(NN=Cc2ccc(-c3ccc(F)cc3)cc2)nc1C. The average Bonchev–Trinajstić information content (AvgIpc) is 3.08. The number of anilines is 1. The molecule has 0 fully saturated rings. The van der Waals surface area contributed by atoms with Gasteiger partial charge in [0, 0.05) is 0 Å². The summed E-state index contributed by atoms with van der Waals surface area (Å²) in [6.45, 7) is 3.69. The number of rotatable bonds is 6. The Hall–Kier alpha value is -3.59. The van der Waals surface area contributed by atoms with Crippen molar-refractivity contribution in [3.8, 4) is 11.1 Å². The quantitative estimate of drug-likeness (QED) is 0.327. The van der Waals surface area contributed by atoms with Crippen LogP contribution < -0.4 is 16.9 Å². The molecule has 0 saturated carbocycles. The van der Waals surface area contributed by atoms with Crippen LogP contribution in [0, 0.1) is 12.7 Å². The number of thiazole rings is 1. The Labute approximate surface area is 171 Å². The second-order valence-corrected chi connectivity index (χ2v) is 7.14. The average molecular weight is 409 g/mol. The van der Waals surface area contributed by atoms with Crippen molar-refractivity contribution in [2.75, 3.05) is 5.43 Å². The first-order valence-corrected chi connectivity index (χ1v) is 9.50. The van der Waals surface area contributed by atoms with E-state index < -0.39 is 0 Å². The highest BCUT2D eigenvalue weighted by atomic mass is 32.1. The van der Waals surface area contributed by atoms with Crippen molar-refractivity contribution >= 4 is 34.4 Å². The van der Waals surface area contributed by atoms with Crippen LogP contribution >= 0.6 is 11.3 Å². The fourth-order valence-corrected chi connectivity index (χ4v) is 3.38.